The highest BCUT2D eigenvalue weighted by Gasteiger charge is 2.12. The molecule has 1 nitrogen and oxygen atoms in total. The second-order valence-corrected chi connectivity index (χ2v) is 2.07. The molecule has 0 saturated carbocycles. The van der Waals surface area contributed by atoms with E-state index in [1.807, 2.05) is 0 Å². The van der Waals surface area contributed by atoms with E-state index < -0.39 is 0 Å². The van der Waals surface area contributed by atoms with E-state index in [-0.39, 0.29) is 0 Å². The van der Waals surface area contributed by atoms with Crippen LogP contribution in [0.2, 0.25) is 0 Å². The summed E-state index contributed by atoms with van der Waals surface area (Å²) >= 11 is 0. The molecule has 0 bridgehead atoms. The molecule has 7 heavy (non-hydrogen) atoms. The van der Waals surface area contributed by atoms with Crippen LogP contribution in [0, 0.1) is 5.92 Å². The van der Waals surface area contributed by atoms with Crippen LogP contribution in [-0.4, -0.2) is 13.2 Å². The fraction of sp³-hybridized carbons (Fsp3) is 0.667. The van der Waals surface area contributed by atoms with E-state index in [0.717, 1.165) is 13.2 Å². The van der Waals surface area contributed by atoms with Crippen LogP contribution in [0.4, 0.5) is 0 Å². The van der Waals surface area contributed by atoms with Crippen LogP contribution in [0.15, 0.2) is 12.2 Å². The molecule has 1 atom stereocenters. The normalized spacial score (nSPS) is 31.6. The summed E-state index contributed by atoms with van der Waals surface area (Å²) < 4.78 is 5.07. The molecule has 0 amide bonds. The van der Waals surface area contributed by atoms with Crippen molar-refractivity contribution in [3.8, 4) is 0 Å². The van der Waals surface area contributed by atoms with Crippen molar-refractivity contribution in [1.29, 1.82) is 0 Å². The molecule has 0 aliphatic carbocycles. The lowest BCUT2D eigenvalue weighted by atomic mass is 10.1. The topological polar surface area (TPSA) is 9.23 Å². The summed E-state index contributed by atoms with van der Waals surface area (Å²) in [6.45, 7) is 7.60. The van der Waals surface area contributed by atoms with Gasteiger partial charge in [0.1, 0.15) is 0 Å². The Morgan fingerprint density at radius 1 is 1.86 bits per heavy atom. The zero-order valence-electron chi connectivity index (χ0n) is 4.61. The zero-order valence-corrected chi connectivity index (χ0v) is 4.61. The lowest BCUT2D eigenvalue weighted by Crippen LogP contribution is -1.91. The average Bonchev–Trinajstić information content (AvgIpc) is 1.91. The van der Waals surface area contributed by atoms with Gasteiger partial charge in [-0.15, -0.1) is 0 Å². The second-order valence-electron chi connectivity index (χ2n) is 2.07. The number of hydrogen-bond donors (Lipinski definition) is 0. The monoisotopic (exact) mass is 98.1 g/mol. The Morgan fingerprint density at radius 2 is 2.57 bits per heavy atom. The van der Waals surface area contributed by atoms with Crippen molar-refractivity contribution < 1.29 is 4.74 Å². The summed E-state index contributed by atoms with van der Waals surface area (Å²) in [5.41, 5.74) is 1.24. The lowest BCUT2D eigenvalue weighted by Gasteiger charge is -1.94. The van der Waals surface area contributed by atoms with Gasteiger partial charge in [-0.05, 0) is 5.57 Å². The van der Waals surface area contributed by atoms with E-state index in [2.05, 4.69) is 13.5 Å². The molecule has 0 aromatic heterocycles. The van der Waals surface area contributed by atoms with Gasteiger partial charge in [0.25, 0.3) is 0 Å². The molecule has 1 heteroatoms. The number of hydrogen-bond acceptors (Lipinski definition) is 1. The van der Waals surface area contributed by atoms with Gasteiger partial charge >= 0.3 is 0 Å². The maximum absolute atomic E-state index is 5.07. The van der Waals surface area contributed by atoms with Gasteiger partial charge in [-0.3, -0.25) is 0 Å². The Hall–Kier alpha value is -0.300. The summed E-state index contributed by atoms with van der Waals surface area (Å²) in [5, 5.41) is 0. The van der Waals surface area contributed by atoms with Crippen molar-refractivity contribution in [2.24, 2.45) is 5.92 Å². The maximum Gasteiger partial charge on any atom is 0.0677 e. The molecule has 1 fully saturated rings. The second kappa shape index (κ2) is 1.66. The van der Waals surface area contributed by atoms with Crippen molar-refractivity contribution in [3.63, 3.8) is 0 Å². The summed E-state index contributed by atoms with van der Waals surface area (Å²) in [4.78, 5) is 0. The van der Waals surface area contributed by atoms with Gasteiger partial charge in [0.15, 0.2) is 0 Å². The highest BCUT2D eigenvalue weighted by molar-refractivity contribution is 5.02. The molecule has 1 heterocycles. The van der Waals surface area contributed by atoms with Crippen molar-refractivity contribution in [3.05, 3.63) is 12.2 Å². The van der Waals surface area contributed by atoms with Crippen molar-refractivity contribution >= 4 is 0 Å². The van der Waals surface area contributed by atoms with Crippen molar-refractivity contribution in [1.82, 2.24) is 0 Å². The van der Waals surface area contributed by atoms with Gasteiger partial charge in [0.2, 0.25) is 0 Å². The summed E-state index contributed by atoms with van der Waals surface area (Å²) in [6.07, 6.45) is 0. The van der Waals surface area contributed by atoms with Crippen LogP contribution in [0.25, 0.3) is 0 Å². The first-order valence-electron chi connectivity index (χ1n) is 2.56. The van der Waals surface area contributed by atoms with E-state index in [1.165, 1.54) is 5.57 Å². The molecule has 1 rings (SSSR count). The van der Waals surface area contributed by atoms with Gasteiger partial charge < -0.3 is 4.74 Å². The summed E-state index contributed by atoms with van der Waals surface area (Å²) in [6, 6.07) is 0. The van der Waals surface area contributed by atoms with Gasteiger partial charge in [-0.25, -0.2) is 0 Å². The summed E-state index contributed by atoms with van der Waals surface area (Å²) in [5.74, 6) is 0.597. The Morgan fingerprint density at radius 3 is 2.71 bits per heavy atom. The van der Waals surface area contributed by atoms with Gasteiger partial charge in [0, 0.05) is 5.92 Å². The predicted molar refractivity (Wildman–Crippen MR) is 29.1 cm³/mol. The Labute approximate surface area is 44.0 Å². The molecule has 0 spiro atoms. The highest BCUT2D eigenvalue weighted by Crippen LogP contribution is 2.15. The SMILES string of the molecule is C=C1COC[C@H]1C. The Bertz CT molecular complexity index is 86.2. The minimum atomic E-state index is 0.597. The Balaban J connectivity index is 2.48. The summed E-state index contributed by atoms with van der Waals surface area (Å²) in [7, 11) is 0. The molecule has 0 unspecified atom stereocenters. The zero-order chi connectivity index (χ0) is 5.28. The first-order valence-corrected chi connectivity index (χ1v) is 2.56. The molecule has 40 valence electrons. The standard InChI is InChI=1S/C6H10O/c1-5-3-7-4-6(5)2/h6H,1,3-4H2,2H3/t6-/m1/s1. The quantitative estimate of drug-likeness (QED) is 0.414. The van der Waals surface area contributed by atoms with Crippen LogP contribution in [-0.2, 0) is 4.74 Å². The predicted octanol–water partition coefficient (Wildman–Crippen LogP) is 1.21. The third-order valence-corrected chi connectivity index (χ3v) is 1.35. The fourth-order valence-corrected chi connectivity index (χ4v) is 0.627. The molecule has 0 aromatic rings. The minimum absolute atomic E-state index is 0.597. The van der Waals surface area contributed by atoms with E-state index >= 15 is 0 Å². The minimum Gasteiger partial charge on any atom is -0.377 e. The van der Waals surface area contributed by atoms with E-state index in [9.17, 15) is 0 Å². The average molecular weight is 98.1 g/mol. The van der Waals surface area contributed by atoms with Crippen LogP contribution >= 0.6 is 0 Å². The molecular formula is C6H10O. The third-order valence-electron chi connectivity index (χ3n) is 1.35. The Kier molecular flexibility index (Phi) is 1.15. The van der Waals surface area contributed by atoms with Gasteiger partial charge in [0.05, 0.1) is 13.2 Å². The van der Waals surface area contributed by atoms with Crippen molar-refractivity contribution in [2.45, 2.75) is 6.92 Å². The molecule has 0 N–H and O–H groups in total. The molecule has 1 saturated heterocycles. The molecule has 1 aliphatic heterocycles. The smallest absolute Gasteiger partial charge is 0.0677 e. The number of rotatable bonds is 0. The van der Waals surface area contributed by atoms with Crippen LogP contribution in [0.1, 0.15) is 6.92 Å². The van der Waals surface area contributed by atoms with Crippen molar-refractivity contribution in [2.75, 3.05) is 13.2 Å². The van der Waals surface area contributed by atoms with Crippen LogP contribution < -0.4 is 0 Å². The van der Waals surface area contributed by atoms with Gasteiger partial charge in [-0.2, -0.15) is 0 Å². The molecular weight excluding hydrogens is 88.1 g/mol. The molecule has 0 aromatic carbocycles. The van der Waals surface area contributed by atoms with Gasteiger partial charge in [-0.1, -0.05) is 13.5 Å². The third kappa shape index (κ3) is 0.829. The van der Waals surface area contributed by atoms with E-state index in [4.69, 9.17) is 4.74 Å². The lowest BCUT2D eigenvalue weighted by molar-refractivity contribution is 0.191. The maximum atomic E-state index is 5.07. The first-order chi connectivity index (χ1) is 3.30. The van der Waals surface area contributed by atoms with E-state index in [0.29, 0.717) is 5.92 Å². The fourth-order valence-electron chi connectivity index (χ4n) is 0.627. The largest absolute Gasteiger partial charge is 0.377 e. The molecule has 0 radical (unpaired) electrons. The van der Waals surface area contributed by atoms with Crippen LogP contribution in [0.5, 0.6) is 0 Å². The first kappa shape index (κ1) is 4.85. The highest BCUT2D eigenvalue weighted by atomic mass is 16.5. The van der Waals surface area contributed by atoms with E-state index in [1.54, 1.807) is 0 Å². The molecule has 1 aliphatic rings. The van der Waals surface area contributed by atoms with Crippen LogP contribution in [0.3, 0.4) is 0 Å². The number of ether oxygens (including phenoxy) is 1.